The summed E-state index contributed by atoms with van der Waals surface area (Å²) in [6.07, 6.45) is 60.5. The fourth-order valence-electron chi connectivity index (χ4n) is 9.50. The Balaban J connectivity index is 2.69. The summed E-state index contributed by atoms with van der Waals surface area (Å²) in [5, 5.41) is 57.0. The molecule has 11 nitrogen and oxygen atoms in total. The van der Waals surface area contributed by atoms with Gasteiger partial charge in [0.15, 0.2) is 12.4 Å². The molecule has 1 fully saturated rings. The van der Waals surface area contributed by atoms with E-state index in [1.165, 1.54) is 128 Å². The van der Waals surface area contributed by atoms with Crippen molar-refractivity contribution in [2.24, 2.45) is 0 Å². The fourth-order valence-corrected chi connectivity index (χ4v) is 9.50. The van der Waals surface area contributed by atoms with E-state index < -0.39 is 67.4 Å². The van der Waals surface area contributed by atoms with E-state index in [1.807, 2.05) is 6.08 Å². The zero-order chi connectivity index (χ0) is 56.8. The first kappa shape index (κ1) is 72.9. The van der Waals surface area contributed by atoms with Crippen LogP contribution in [-0.2, 0) is 23.8 Å². The van der Waals surface area contributed by atoms with Crippen LogP contribution in [-0.4, -0.2) is 99.6 Å². The van der Waals surface area contributed by atoms with Crippen molar-refractivity contribution >= 4 is 11.9 Å². The maximum absolute atomic E-state index is 13.4. The molecular weight excluding hydrogens is 979 g/mol. The zero-order valence-corrected chi connectivity index (χ0v) is 49.8. The van der Waals surface area contributed by atoms with Gasteiger partial charge in [0.25, 0.3) is 0 Å². The molecule has 1 rings (SSSR count). The van der Waals surface area contributed by atoms with Crippen LogP contribution in [0.4, 0.5) is 0 Å². The van der Waals surface area contributed by atoms with Gasteiger partial charge in [0.2, 0.25) is 5.91 Å². The summed E-state index contributed by atoms with van der Waals surface area (Å²) < 4.78 is 17.6. The van der Waals surface area contributed by atoms with Gasteiger partial charge in [-0.3, -0.25) is 9.59 Å². The van der Waals surface area contributed by atoms with E-state index in [2.05, 4.69) is 99.0 Å². The van der Waals surface area contributed by atoms with Gasteiger partial charge in [-0.2, -0.15) is 0 Å². The number of aliphatic hydroxyl groups is 5. The smallest absolute Gasteiger partial charge is 0.306 e. The van der Waals surface area contributed by atoms with Crippen LogP contribution < -0.4 is 5.32 Å². The van der Waals surface area contributed by atoms with E-state index in [9.17, 15) is 35.1 Å². The Bertz CT molecular complexity index is 1590. The average Bonchev–Trinajstić information content (AvgIpc) is 3.44. The highest BCUT2D eigenvalue weighted by Gasteiger charge is 2.47. The first-order valence-electron chi connectivity index (χ1n) is 31.9. The fraction of sp³-hybridized carbons (Fsp3) is 0.761. The predicted molar refractivity (Wildman–Crippen MR) is 324 cm³/mol. The molecule has 0 aromatic heterocycles. The van der Waals surface area contributed by atoms with Gasteiger partial charge in [-0.25, -0.2) is 0 Å². The Kier molecular flexibility index (Phi) is 50.8. The number of hydrogen-bond donors (Lipinski definition) is 6. The summed E-state index contributed by atoms with van der Waals surface area (Å²) in [6, 6.07) is -1.05. The molecule has 0 aromatic rings. The number of unbranched alkanes of at least 4 members (excludes halogenated alkanes) is 27. The van der Waals surface area contributed by atoms with Gasteiger partial charge in [0.05, 0.1) is 25.4 Å². The summed E-state index contributed by atoms with van der Waals surface area (Å²) in [5.74, 6) is -1.23. The molecule has 450 valence electrons. The summed E-state index contributed by atoms with van der Waals surface area (Å²) >= 11 is 0. The molecule has 1 saturated heterocycles. The molecular formula is C67H117NO10. The zero-order valence-electron chi connectivity index (χ0n) is 49.8. The highest BCUT2D eigenvalue weighted by atomic mass is 16.7. The molecule has 0 radical (unpaired) electrons. The molecule has 1 aliphatic rings. The molecule has 0 saturated carbocycles. The van der Waals surface area contributed by atoms with Crippen LogP contribution in [0, 0.1) is 0 Å². The van der Waals surface area contributed by atoms with Crippen LogP contribution in [0.25, 0.3) is 0 Å². The van der Waals surface area contributed by atoms with Crippen LogP contribution >= 0.6 is 0 Å². The van der Waals surface area contributed by atoms with Crippen LogP contribution in [0.15, 0.2) is 85.1 Å². The summed E-state index contributed by atoms with van der Waals surface area (Å²) in [5.41, 5.74) is 0. The molecule has 0 spiro atoms. The van der Waals surface area contributed by atoms with E-state index >= 15 is 0 Å². The standard InChI is InChI=1S/C67H117NO10/c1-4-7-10-13-16-19-22-25-27-29-31-33-35-37-40-43-46-49-52-55-62(72)78-65-64(74)63(73)61(56-69)77-67(65)76-57-58(59(70)53-50-47-44-41-38-24-21-18-15-12-9-6-3)68-66(75)60(71)54-51-48-45-42-39-36-34-32-30-28-26-23-20-17-14-11-8-5-2/h8,11,17,20,25-28,32,34,39,42,50,53,58-61,63-65,67,69-71,73-74H,4-7,9-10,12-16,18-19,21-24,29-31,33,35-38,40-41,43-49,51-52,54-57H2,1-3H3,(H,68,75)/b11-8-,20-17-,27-25+,28-26-,34-32-,42-39-,53-50+. The highest BCUT2D eigenvalue weighted by Crippen LogP contribution is 2.26. The van der Waals surface area contributed by atoms with Gasteiger partial charge in [0.1, 0.15) is 24.4 Å². The number of aliphatic hydroxyl groups excluding tert-OH is 5. The van der Waals surface area contributed by atoms with Crippen molar-refractivity contribution in [3.63, 3.8) is 0 Å². The molecule has 0 bridgehead atoms. The van der Waals surface area contributed by atoms with Crippen LogP contribution in [0.1, 0.15) is 265 Å². The van der Waals surface area contributed by atoms with Gasteiger partial charge in [-0.1, -0.05) is 247 Å². The first-order chi connectivity index (χ1) is 38.2. The molecule has 0 aliphatic carbocycles. The van der Waals surface area contributed by atoms with E-state index in [-0.39, 0.29) is 19.4 Å². The average molecular weight is 1100 g/mol. The quantitative estimate of drug-likeness (QED) is 0.0195. The third kappa shape index (κ3) is 41.8. The maximum Gasteiger partial charge on any atom is 0.306 e. The number of esters is 1. The number of amides is 1. The lowest BCUT2D eigenvalue weighted by Gasteiger charge is -2.41. The van der Waals surface area contributed by atoms with E-state index in [0.29, 0.717) is 12.8 Å². The second-order valence-corrected chi connectivity index (χ2v) is 21.8. The third-order valence-corrected chi connectivity index (χ3v) is 14.5. The Morgan fingerprint density at radius 1 is 0.513 bits per heavy atom. The molecule has 0 aromatic carbocycles. The van der Waals surface area contributed by atoms with Gasteiger partial charge < -0.3 is 45.1 Å². The monoisotopic (exact) mass is 1100 g/mol. The predicted octanol–water partition coefficient (Wildman–Crippen LogP) is 15.3. The lowest BCUT2D eigenvalue weighted by Crippen LogP contribution is -2.61. The van der Waals surface area contributed by atoms with Gasteiger partial charge in [-0.05, 0) is 96.3 Å². The molecule has 6 N–H and O–H groups in total. The van der Waals surface area contributed by atoms with Crippen molar-refractivity contribution in [3.8, 4) is 0 Å². The molecule has 1 amide bonds. The van der Waals surface area contributed by atoms with Crippen molar-refractivity contribution < 1.29 is 49.3 Å². The second kappa shape index (κ2) is 54.4. The van der Waals surface area contributed by atoms with Crippen LogP contribution in [0.2, 0.25) is 0 Å². The lowest BCUT2D eigenvalue weighted by molar-refractivity contribution is -0.305. The topological polar surface area (TPSA) is 175 Å². The number of nitrogens with one attached hydrogen (secondary N) is 1. The molecule has 11 heteroatoms. The van der Waals surface area contributed by atoms with Crippen molar-refractivity contribution in [1.82, 2.24) is 5.32 Å². The number of ether oxygens (including phenoxy) is 3. The normalized spacial score (nSPS) is 19.5. The highest BCUT2D eigenvalue weighted by molar-refractivity contribution is 5.80. The summed E-state index contributed by atoms with van der Waals surface area (Å²) in [4.78, 5) is 26.6. The van der Waals surface area contributed by atoms with Crippen molar-refractivity contribution in [1.29, 1.82) is 0 Å². The third-order valence-electron chi connectivity index (χ3n) is 14.5. The summed E-state index contributed by atoms with van der Waals surface area (Å²) in [6.45, 7) is 5.65. The second-order valence-electron chi connectivity index (χ2n) is 21.8. The minimum atomic E-state index is -1.62. The first-order valence-corrected chi connectivity index (χ1v) is 31.9. The Morgan fingerprint density at radius 3 is 1.40 bits per heavy atom. The van der Waals surface area contributed by atoms with Crippen LogP contribution in [0.3, 0.4) is 0 Å². The maximum atomic E-state index is 13.4. The van der Waals surface area contributed by atoms with Crippen molar-refractivity contribution in [2.45, 2.75) is 314 Å². The number of carbonyl (C=O) groups excluding carboxylic acids is 2. The molecule has 8 atom stereocenters. The molecule has 1 heterocycles. The molecule has 8 unspecified atom stereocenters. The van der Waals surface area contributed by atoms with Gasteiger partial charge in [0, 0.05) is 6.42 Å². The van der Waals surface area contributed by atoms with Gasteiger partial charge >= 0.3 is 5.97 Å². The number of hydrogen-bond acceptors (Lipinski definition) is 10. The Labute approximate surface area is 476 Å². The Morgan fingerprint density at radius 2 is 0.923 bits per heavy atom. The van der Waals surface area contributed by atoms with Gasteiger partial charge in [-0.15, -0.1) is 0 Å². The van der Waals surface area contributed by atoms with Crippen molar-refractivity contribution in [2.75, 3.05) is 13.2 Å². The molecule has 78 heavy (non-hydrogen) atoms. The van der Waals surface area contributed by atoms with E-state index in [1.54, 1.807) is 6.08 Å². The van der Waals surface area contributed by atoms with E-state index in [4.69, 9.17) is 14.2 Å². The molecule has 1 aliphatic heterocycles. The number of carbonyl (C=O) groups is 2. The largest absolute Gasteiger partial charge is 0.454 e. The van der Waals surface area contributed by atoms with E-state index in [0.717, 1.165) is 89.9 Å². The number of allylic oxidation sites excluding steroid dienone is 13. The minimum Gasteiger partial charge on any atom is -0.454 e. The van der Waals surface area contributed by atoms with Crippen LogP contribution in [0.5, 0.6) is 0 Å². The number of rotatable bonds is 53. The minimum absolute atomic E-state index is 0.114. The SMILES string of the molecule is CC/C=C\C/C=C\C/C=C\C/C=C\C/C=C\CCCCC(O)C(=O)NC(COC1OC(CO)C(O)C(O)C1OC(=O)CCCCCCCCCCC/C=C/CCCCCCCC)C(O)/C=C/CCCCCCCCCCCC. The summed E-state index contributed by atoms with van der Waals surface area (Å²) in [7, 11) is 0. The lowest BCUT2D eigenvalue weighted by atomic mass is 9.99. The Hall–Kier alpha value is -3.16. The van der Waals surface area contributed by atoms with Crippen molar-refractivity contribution in [3.05, 3.63) is 85.1 Å².